The van der Waals surface area contributed by atoms with Crippen molar-refractivity contribution in [1.29, 1.82) is 0 Å². The largest absolute Gasteiger partial charge is 0.256 e. The van der Waals surface area contributed by atoms with Crippen molar-refractivity contribution in [3.8, 4) is 22.4 Å². The van der Waals surface area contributed by atoms with Crippen LogP contribution in [0.4, 0.5) is 13.2 Å². The molecule has 110 valence electrons. The van der Waals surface area contributed by atoms with Crippen LogP contribution in [-0.2, 0) is 0 Å². The highest BCUT2D eigenvalue weighted by Crippen LogP contribution is 2.27. The Bertz CT molecular complexity index is 826. The fourth-order valence-electron chi connectivity index (χ4n) is 2.27. The highest BCUT2D eigenvalue weighted by molar-refractivity contribution is 5.67. The molecule has 4 heteroatoms. The van der Waals surface area contributed by atoms with Crippen LogP contribution in [0, 0.1) is 24.4 Å². The minimum atomic E-state index is -0.918. The normalized spacial score (nSPS) is 10.7. The van der Waals surface area contributed by atoms with E-state index in [0.29, 0.717) is 16.8 Å². The van der Waals surface area contributed by atoms with E-state index in [-0.39, 0.29) is 11.4 Å². The molecule has 0 atom stereocenters. The zero-order chi connectivity index (χ0) is 15.7. The Morgan fingerprint density at radius 2 is 1.64 bits per heavy atom. The standard InChI is InChI=1S/C18H12F3N/c1-11-5-7-14(16(20)9-11)17-8-6-12(10-22-17)13-3-2-4-15(19)18(13)21/h2-10H,1H3. The quantitative estimate of drug-likeness (QED) is 0.638. The number of benzene rings is 2. The zero-order valence-electron chi connectivity index (χ0n) is 11.8. The summed E-state index contributed by atoms with van der Waals surface area (Å²) in [5.41, 5.74) is 2.20. The fraction of sp³-hybridized carbons (Fsp3) is 0.0556. The van der Waals surface area contributed by atoms with Crippen molar-refractivity contribution in [3.05, 3.63) is 77.7 Å². The molecule has 0 saturated heterocycles. The van der Waals surface area contributed by atoms with Gasteiger partial charge in [0.2, 0.25) is 0 Å². The van der Waals surface area contributed by atoms with Crippen molar-refractivity contribution in [2.45, 2.75) is 6.92 Å². The zero-order valence-corrected chi connectivity index (χ0v) is 11.8. The first kappa shape index (κ1) is 14.3. The van der Waals surface area contributed by atoms with Crippen molar-refractivity contribution < 1.29 is 13.2 Å². The van der Waals surface area contributed by atoms with Gasteiger partial charge >= 0.3 is 0 Å². The Kier molecular flexibility index (Phi) is 3.67. The van der Waals surface area contributed by atoms with Crippen molar-refractivity contribution >= 4 is 0 Å². The third-order valence-corrected chi connectivity index (χ3v) is 3.43. The van der Waals surface area contributed by atoms with Crippen LogP contribution in [0.3, 0.4) is 0 Å². The van der Waals surface area contributed by atoms with Gasteiger partial charge in [0.15, 0.2) is 11.6 Å². The lowest BCUT2D eigenvalue weighted by Crippen LogP contribution is -1.92. The van der Waals surface area contributed by atoms with Crippen molar-refractivity contribution in [1.82, 2.24) is 4.98 Å². The van der Waals surface area contributed by atoms with Gasteiger partial charge in [-0.05, 0) is 36.8 Å². The van der Waals surface area contributed by atoms with E-state index in [1.807, 2.05) is 0 Å². The minimum absolute atomic E-state index is 0.128. The summed E-state index contributed by atoms with van der Waals surface area (Å²) in [6.45, 7) is 1.80. The van der Waals surface area contributed by atoms with E-state index < -0.39 is 11.6 Å². The molecule has 0 aliphatic heterocycles. The molecule has 22 heavy (non-hydrogen) atoms. The number of hydrogen-bond donors (Lipinski definition) is 0. The molecule has 1 aromatic heterocycles. The van der Waals surface area contributed by atoms with Crippen molar-refractivity contribution in [2.75, 3.05) is 0 Å². The van der Waals surface area contributed by atoms with Crippen LogP contribution in [0.15, 0.2) is 54.7 Å². The Morgan fingerprint density at radius 1 is 0.818 bits per heavy atom. The Labute approximate surface area is 126 Å². The molecule has 0 aliphatic rings. The second kappa shape index (κ2) is 5.64. The molecular weight excluding hydrogens is 287 g/mol. The van der Waals surface area contributed by atoms with E-state index >= 15 is 0 Å². The summed E-state index contributed by atoms with van der Waals surface area (Å²) in [6.07, 6.45) is 1.41. The second-order valence-corrected chi connectivity index (χ2v) is 5.02. The number of aromatic nitrogens is 1. The topological polar surface area (TPSA) is 12.9 Å². The molecule has 0 amide bonds. The SMILES string of the molecule is Cc1ccc(-c2ccc(-c3cccc(F)c3F)cn2)c(F)c1. The van der Waals surface area contributed by atoms with Crippen molar-refractivity contribution in [2.24, 2.45) is 0 Å². The first-order valence-electron chi connectivity index (χ1n) is 6.73. The minimum Gasteiger partial charge on any atom is -0.256 e. The van der Waals surface area contributed by atoms with Gasteiger partial charge in [0.25, 0.3) is 0 Å². The number of nitrogens with zero attached hydrogens (tertiary/aromatic N) is 1. The van der Waals surface area contributed by atoms with Crippen molar-refractivity contribution in [3.63, 3.8) is 0 Å². The molecule has 0 radical (unpaired) electrons. The molecule has 1 heterocycles. The van der Waals surface area contributed by atoms with Gasteiger partial charge in [-0.15, -0.1) is 0 Å². The Morgan fingerprint density at radius 3 is 2.32 bits per heavy atom. The van der Waals surface area contributed by atoms with Gasteiger partial charge in [-0.1, -0.05) is 24.3 Å². The van der Waals surface area contributed by atoms with E-state index in [0.717, 1.165) is 11.6 Å². The van der Waals surface area contributed by atoms with E-state index in [2.05, 4.69) is 4.98 Å². The summed E-state index contributed by atoms with van der Waals surface area (Å²) < 4.78 is 40.9. The first-order valence-corrected chi connectivity index (χ1v) is 6.73. The maximum atomic E-state index is 13.9. The summed E-state index contributed by atoms with van der Waals surface area (Å²) in [5, 5.41) is 0. The summed E-state index contributed by atoms with van der Waals surface area (Å²) in [5.74, 6) is -2.19. The molecule has 0 saturated carbocycles. The lowest BCUT2D eigenvalue weighted by molar-refractivity contribution is 0.511. The summed E-state index contributed by atoms with van der Waals surface area (Å²) in [6, 6.07) is 12.0. The molecule has 0 fully saturated rings. The van der Waals surface area contributed by atoms with Gasteiger partial charge in [0.05, 0.1) is 5.69 Å². The van der Waals surface area contributed by atoms with Gasteiger partial charge in [-0.25, -0.2) is 13.2 Å². The fourth-order valence-corrected chi connectivity index (χ4v) is 2.27. The van der Waals surface area contributed by atoms with Gasteiger partial charge < -0.3 is 0 Å². The van der Waals surface area contributed by atoms with Gasteiger partial charge in [0, 0.05) is 22.9 Å². The van der Waals surface area contributed by atoms with Crippen LogP contribution in [-0.4, -0.2) is 4.98 Å². The van der Waals surface area contributed by atoms with Gasteiger partial charge in [-0.2, -0.15) is 0 Å². The van der Waals surface area contributed by atoms with E-state index in [1.165, 1.54) is 24.4 Å². The molecule has 2 aromatic carbocycles. The molecule has 0 bridgehead atoms. The summed E-state index contributed by atoms with van der Waals surface area (Å²) in [4.78, 5) is 4.16. The third kappa shape index (κ3) is 2.60. The van der Waals surface area contributed by atoms with Crippen LogP contribution >= 0.6 is 0 Å². The summed E-state index contributed by atoms with van der Waals surface area (Å²) >= 11 is 0. The lowest BCUT2D eigenvalue weighted by Gasteiger charge is -2.07. The predicted molar refractivity (Wildman–Crippen MR) is 79.7 cm³/mol. The molecule has 1 nitrogen and oxygen atoms in total. The smallest absolute Gasteiger partial charge is 0.166 e. The van der Waals surface area contributed by atoms with E-state index in [1.54, 1.807) is 31.2 Å². The Hall–Kier alpha value is -2.62. The molecule has 0 spiro atoms. The van der Waals surface area contributed by atoms with E-state index in [9.17, 15) is 13.2 Å². The number of aryl methyl sites for hydroxylation is 1. The number of rotatable bonds is 2. The molecule has 3 aromatic rings. The van der Waals surface area contributed by atoms with Gasteiger partial charge in [0.1, 0.15) is 5.82 Å². The van der Waals surface area contributed by atoms with Crippen LogP contribution < -0.4 is 0 Å². The maximum Gasteiger partial charge on any atom is 0.166 e. The lowest BCUT2D eigenvalue weighted by atomic mass is 10.0. The maximum absolute atomic E-state index is 13.9. The van der Waals surface area contributed by atoms with Crippen LogP contribution in [0.1, 0.15) is 5.56 Å². The molecule has 0 N–H and O–H groups in total. The second-order valence-electron chi connectivity index (χ2n) is 5.02. The number of pyridine rings is 1. The molecule has 0 unspecified atom stereocenters. The van der Waals surface area contributed by atoms with Gasteiger partial charge in [-0.3, -0.25) is 4.98 Å². The molecular formula is C18H12F3N. The number of hydrogen-bond acceptors (Lipinski definition) is 1. The molecule has 0 aliphatic carbocycles. The highest BCUT2D eigenvalue weighted by Gasteiger charge is 2.11. The molecule has 3 rings (SSSR count). The average Bonchev–Trinajstić information content (AvgIpc) is 2.50. The van der Waals surface area contributed by atoms with Crippen LogP contribution in [0.2, 0.25) is 0 Å². The average molecular weight is 299 g/mol. The Balaban J connectivity index is 2.01. The highest BCUT2D eigenvalue weighted by atomic mass is 19.2. The monoisotopic (exact) mass is 299 g/mol. The van der Waals surface area contributed by atoms with Crippen LogP contribution in [0.25, 0.3) is 22.4 Å². The predicted octanol–water partition coefficient (Wildman–Crippen LogP) is 5.14. The summed E-state index contributed by atoms with van der Waals surface area (Å²) in [7, 11) is 0. The third-order valence-electron chi connectivity index (χ3n) is 3.43. The number of halogens is 3. The first-order chi connectivity index (χ1) is 10.6. The van der Waals surface area contributed by atoms with E-state index in [4.69, 9.17) is 0 Å². The van der Waals surface area contributed by atoms with Crippen LogP contribution in [0.5, 0.6) is 0 Å².